The van der Waals surface area contributed by atoms with Crippen LogP contribution in [0.5, 0.6) is 0 Å². The lowest BCUT2D eigenvalue weighted by Gasteiger charge is -2.39. The SMILES string of the molecule is CC.Cc1cc(-c2ccnc(Cl)n2)ccc1CNC(=O)N1CC(OC(C)C)C1. The summed E-state index contributed by atoms with van der Waals surface area (Å²) in [5, 5.41) is 3.20. The molecule has 1 saturated heterocycles. The Morgan fingerprint density at radius 2 is 2.04 bits per heavy atom. The van der Waals surface area contributed by atoms with Gasteiger partial charge in [-0.05, 0) is 55.6 Å². The van der Waals surface area contributed by atoms with Crippen LogP contribution in [0, 0.1) is 6.92 Å². The van der Waals surface area contributed by atoms with Crippen molar-refractivity contribution in [1.29, 1.82) is 0 Å². The summed E-state index contributed by atoms with van der Waals surface area (Å²) in [6, 6.07) is 7.78. The molecule has 152 valence electrons. The maximum Gasteiger partial charge on any atom is 0.317 e. The van der Waals surface area contributed by atoms with E-state index in [-0.39, 0.29) is 23.5 Å². The van der Waals surface area contributed by atoms with Gasteiger partial charge in [0.05, 0.1) is 31.0 Å². The summed E-state index contributed by atoms with van der Waals surface area (Å²) in [5.41, 5.74) is 3.90. The standard InChI is InChI=1S/C19H23ClN4O2.C2H6/c1-12(2)26-16-10-24(11-16)19(25)22-9-15-5-4-14(8-13(15)3)17-6-7-21-18(20)23-17;1-2/h4-8,12,16H,9-11H2,1-3H3,(H,22,25);1-2H3. The molecule has 0 spiro atoms. The summed E-state index contributed by atoms with van der Waals surface area (Å²) in [5.74, 6) is 0. The molecular weight excluding hydrogens is 376 g/mol. The minimum atomic E-state index is -0.0559. The summed E-state index contributed by atoms with van der Waals surface area (Å²) < 4.78 is 5.67. The smallest absolute Gasteiger partial charge is 0.317 e. The van der Waals surface area contributed by atoms with E-state index in [4.69, 9.17) is 16.3 Å². The summed E-state index contributed by atoms with van der Waals surface area (Å²) in [4.78, 5) is 22.1. The third kappa shape index (κ3) is 5.91. The summed E-state index contributed by atoms with van der Waals surface area (Å²) in [6.07, 6.45) is 1.98. The Hall–Kier alpha value is -2.18. The average Bonchev–Trinajstić information content (AvgIpc) is 2.64. The number of likely N-dealkylation sites (tertiary alicyclic amines) is 1. The highest BCUT2D eigenvalue weighted by atomic mass is 35.5. The molecule has 0 bridgehead atoms. The van der Waals surface area contributed by atoms with Gasteiger partial charge in [-0.25, -0.2) is 14.8 Å². The van der Waals surface area contributed by atoms with E-state index in [0.717, 1.165) is 22.4 Å². The molecule has 0 saturated carbocycles. The zero-order chi connectivity index (χ0) is 20.7. The van der Waals surface area contributed by atoms with E-state index in [0.29, 0.717) is 19.6 Å². The van der Waals surface area contributed by atoms with Crippen molar-refractivity contribution >= 4 is 17.6 Å². The third-order valence-corrected chi connectivity index (χ3v) is 4.48. The lowest BCUT2D eigenvalue weighted by atomic mass is 10.0. The molecule has 1 fully saturated rings. The number of ether oxygens (including phenoxy) is 1. The molecule has 0 atom stereocenters. The Balaban J connectivity index is 0.00000136. The fraction of sp³-hybridized carbons (Fsp3) is 0.476. The Labute approximate surface area is 172 Å². The summed E-state index contributed by atoms with van der Waals surface area (Å²) >= 11 is 5.85. The predicted molar refractivity (Wildman–Crippen MR) is 112 cm³/mol. The molecule has 0 aliphatic carbocycles. The van der Waals surface area contributed by atoms with Crippen LogP contribution in [0.15, 0.2) is 30.5 Å². The molecular formula is C21H29ClN4O2. The van der Waals surface area contributed by atoms with Crippen LogP contribution in [0.2, 0.25) is 5.28 Å². The number of carbonyl (C=O) groups excluding carboxylic acids is 1. The van der Waals surface area contributed by atoms with Crippen LogP contribution in [-0.2, 0) is 11.3 Å². The van der Waals surface area contributed by atoms with Gasteiger partial charge < -0.3 is 15.0 Å². The molecule has 2 amide bonds. The summed E-state index contributed by atoms with van der Waals surface area (Å²) in [6.45, 7) is 11.8. The van der Waals surface area contributed by atoms with Gasteiger partial charge in [-0.15, -0.1) is 0 Å². The molecule has 1 N–H and O–H groups in total. The van der Waals surface area contributed by atoms with E-state index in [9.17, 15) is 4.79 Å². The van der Waals surface area contributed by atoms with Crippen LogP contribution in [-0.4, -0.2) is 46.2 Å². The van der Waals surface area contributed by atoms with Crippen LogP contribution in [0.3, 0.4) is 0 Å². The number of urea groups is 1. The fourth-order valence-electron chi connectivity index (χ4n) is 2.91. The van der Waals surface area contributed by atoms with Gasteiger partial charge in [0.1, 0.15) is 0 Å². The predicted octanol–water partition coefficient (Wildman–Crippen LogP) is 4.45. The van der Waals surface area contributed by atoms with E-state index < -0.39 is 0 Å². The number of hydrogen-bond acceptors (Lipinski definition) is 4. The Morgan fingerprint density at radius 1 is 1.32 bits per heavy atom. The zero-order valence-electron chi connectivity index (χ0n) is 17.2. The van der Waals surface area contributed by atoms with Crippen molar-refractivity contribution < 1.29 is 9.53 Å². The highest BCUT2D eigenvalue weighted by molar-refractivity contribution is 6.28. The normalized spacial score (nSPS) is 13.6. The maximum absolute atomic E-state index is 12.2. The molecule has 2 heterocycles. The minimum absolute atomic E-state index is 0.0559. The lowest BCUT2D eigenvalue weighted by Crippen LogP contribution is -2.58. The molecule has 2 aromatic rings. The van der Waals surface area contributed by atoms with E-state index >= 15 is 0 Å². The van der Waals surface area contributed by atoms with E-state index in [1.807, 2.05) is 58.9 Å². The average molecular weight is 405 g/mol. The number of nitrogens with one attached hydrogen (secondary N) is 1. The van der Waals surface area contributed by atoms with Crippen molar-refractivity contribution in [2.45, 2.75) is 53.4 Å². The topological polar surface area (TPSA) is 67.4 Å². The molecule has 3 rings (SSSR count). The number of nitrogens with zero attached hydrogens (tertiary/aromatic N) is 3. The highest BCUT2D eigenvalue weighted by Gasteiger charge is 2.31. The molecule has 1 aliphatic rings. The van der Waals surface area contributed by atoms with Gasteiger partial charge in [-0.2, -0.15) is 0 Å². The van der Waals surface area contributed by atoms with E-state index in [1.54, 1.807) is 11.1 Å². The largest absolute Gasteiger partial charge is 0.372 e. The lowest BCUT2D eigenvalue weighted by molar-refractivity contribution is -0.0641. The van der Waals surface area contributed by atoms with Crippen LogP contribution < -0.4 is 5.32 Å². The second-order valence-electron chi connectivity index (χ2n) is 6.72. The number of amides is 2. The molecule has 0 radical (unpaired) electrons. The van der Waals surface area contributed by atoms with Crippen molar-refractivity contribution in [3.63, 3.8) is 0 Å². The number of rotatable bonds is 5. The Bertz CT molecular complexity index is 792. The highest BCUT2D eigenvalue weighted by Crippen LogP contribution is 2.21. The number of benzene rings is 1. The molecule has 0 unspecified atom stereocenters. The fourth-order valence-corrected chi connectivity index (χ4v) is 3.05. The molecule has 1 aliphatic heterocycles. The van der Waals surface area contributed by atoms with Gasteiger partial charge in [-0.3, -0.25) is 0 Å². The first-order valence-electron chi connectivity index (χ1n) is 9.69. The number of carbonyl (C=O) groups is 1. The van der Waals surface area contributed by atoms with Crippen molar-refractivity contribution in [3.8, 4) is 11.3 Å². The van der Waals surface area contributed by atoms with Gasteiger partial charge in [0, 0.05) is 18.3 Å². The van der Waals surface area contributed by atoms with Gasteiger partial charge in [-0.1, -0.05) is 26.0 Å². The van der Waals surface area contributed by atoms with Crippen LogP contribution in [0.4, 0.5) is 4.79 Å². The van der Waals surface area contributed by atoms with Crippen molar-refractivity contribution in [2.75, 3.05) is 13.1 Å². The third-order valence-electron chi connectivity index (χ3n) is 4.29. The molecule has 1 aromatic heterocycles. The van der Waals surface area contributed by atoms with Gasteiger partial charge >= 0.3 is 6.03 Å². The second kappa shape index (κ2) is 10.4. The minimum Gasteiger partial charge on any atom is -0.372 e. The Kier molecular flexibility index (Phi) is 8.20. The number of aryl methyl sites for hydroxylation is 1. The van der Waals surface area contributed by atoms with Crippen LogP contribution in [0.1, 0.15) is 38.8 Å². The van der Waals surface area contributed by atoms with Crippen molar-refractivity contribution in [3.05, 3.63) is 46.9 Å². The maximum atomic E-state index is 12.2. The van der Waals surface area contributed by atoms with E-state index in [2.05, 4.69) is 15.3 Å². The first kappa shape index (κ1) is 22.1. The number of aromatic nitrogens is 2. The van der Waals surface area contributed by atoms with Gasteiger partial charge in [0.2, 0.25) is 5.28 Å². The van der Waals surface area contributed by atoms with Crippen LogP contribution in [0.25, 0.3) is 11.3 Å². The number of hydrogen-bond donors (Lipinski definition) is 1. The Morgan fingerprint density at radius 3 is 2.64 bits per heavy atom. The first-order chi connectivity index (χ1) is 13.4. The van der Waals surface area contributed by atoms with Crippen molar-refractivity contribution in [2.24, 2.45) is 0 Å². The monoisotopic (exact) mass is 404 g/mol. The molecule has 1 aromatic carbocycles. The van der Waals surface area contributed by atoms with Crippen LogP contribution >= 0.6 is 11.6 Å². The molecule has 7 heteroatoms. The van der Waals surface area contributed by atoms with Gasteiger partial charge in [0.15, 0.2) is 0 Å². The van der Waals surface area contributed by atoms with Crippen molar-refractivity contribution in [1.82, 2.24) is 20.2 Å². The quantitative estimate of drug-likeness (QED) is 0.747. The molecule has 28 heavy (non-hydrogen) atoms. The first-order valence-corrected chi connectivity index (χ1v) is 10.1. The van der Waals surface area contributed by atoms with Gasteiger partial charge in [0.25, 0.3) is 0 Å². The van der Waals surface area contributed by atoms with E-state index in [1.165, 1.54) is 0 Å². The zero-order valence-corrected chi connectivity index (χ0v) is 18.0. The number of halogens is 1. The summed E-state index contributed by atoms with van der Waals surface area (Å²) in [7, 11) is 0. The second-order valence-corrected chi connectivity index (χ2v) is 7.06. The molecule has 6 nitrogen and oxygen atoms in total.